The first-order chi connectivity index (χ1) is 8.58. The lowest BCUT2D eigenvalue weighted by atomic mass is 10.0. The SMILES string of the molecule is CC(C)c1ccccc1OC(C)c1nnc(N)s1. The van der Waals surface area contributed by atoms with Crippen LogP contribution < -0.4 is 10.5 Å². The Morgan fingerprint density at radius 2 is 1.89 bits per heavy atom. The van der Waals surface area contributed by atoms with Crippen molar-refractivity contribution >= 4 is 16.5 Å². The molecule has 1 atom stereocenters. The number of hydrogen-bond acceptors (Lipinski definition) is 5. The number of ether oxygens (including phenoxy) is 1. The molecule has 18 heavy (non-hydrogen) atoms. The lowest BCUT2D eigenvalue weighted by molar-refractivity contribution is 0.222. The summed E-state index contributed by atoms with van der Waals surface area (Å²) >= 11 is 1.36. The minimum absolute atomic E-state index is 0.139. The number of nitrogen functional groups attached to an aromatic ring is 1. The molecule has 0 fully saturated rings. The first-order valence-corrected chi connectivity index (χ1v) is 6.74. The molecule has 0 radical (unpaired) electrons. The fraction of sp³-hybridized carbons (Fsp3) is 0.385. The molecule has 2 rings (SSSR count). The molecule has 96 valence electrons. The van der Waals surface area contributed by atoms with E-state index in [0.29, 0.717) is 11.0 Å². The van der Waals surface area contributed by atoms with Gasteiger partial charge in [-0.25, -0.2) is 0 Å². The third kappa shape index (κ3) is 2.79. The van der Waals surface area contributed by atoms with Gasteiger partial charge in [-0.15, -0.1) is 10.2 Å². The smallest absolute Gasteiger partial charge is 0.203 e. The standard InChI is InChI=1S/C13H17N3OS/c1-8(2)10-6-4-5-7-11(10)17-9(3)12-15-16-13(14)18-12/h4-9H,1-3H3,(H2,14,16). The van der Waals surface area contributed by atoms with Crippen LogP contribution in [0.1, 0.15) is 43.4 Å². The zero-order valence-electron chi connectivity index (χ0n) is 10.8. The third-order valence-corrected chi connectivity index (χ3v) is 3.56. The van der Waals surface area contributed by atoms with Crippen LogP contribution in [-0.2, 0) is 0 Å². The number of nitrogens with two attached hydrogens (primary N) is 1. The van der Waals surface area contributed by atoms with E-state index in [1.165, 1.54) is 16.9 Å². The Morgan fingerprint density at radius 3 is 2.50 bits per heavy atom. The highest BCUT2D eigenvalue weighted by Gasteiger charge is 2.15. The number of nitrogens with zero attached hydrogens (tertiary/aromatic N) is 2. The quantitative estimate of drug-likeness (QED) is 0.918. The van der Waals surface area contributed by atoms with E-state index >= 15 is 0 Å². The Labute approximate surface area is 111 Å². The Balaban J connectivity index is 2.19. The molecular weight excluding hydrogens is 246 g/mol. The summed E-state index contributed by atoms with van der Waals surface area (Å²) in [4.78, 5) is 0. The number of hydrogen-bond donors (Lipinski definition) is 1. The summed E-state index contributed by atoms with van der Waals surface area (Å²) in [6, 6.07) is 8.07. The molecule has 2 aromatic rings. The minimum atomic E-state index is -0.139. The highest BCUT2D eigenvalue weighted by atomic mass is 32.1. The zero-order chi connectivity index (χ0) is 13.1. The van der Waals surface area contributed by atoms with Crippen LogP contribution in [0.3, 0.4) is 0 Å². The van der Waals surface area contributed by atoms with E-state index in [0.717, 1.165) is 10.8 Å². The molecule has 0 aliphatic heterocycles. The predicted molar refractivity (Wildman–Crippen MR) is 73.9 cm³/mol. The second-order valence-electron chi connectivity index (χ2n) is 4.43. The van der Waals surface area contributed by atoms with E-state index in [4.69, 9.17) is 10.5 Å². The number of benzene rings is 1. The Kier molecular flexibility index (Phi) is 3.81. The van der Waals surface area contributed by atoms with Crippen LogP contribution in [-0.4, -0.2) is 10.2 Å². The summed E-state index contributed by atoms with van der Waals surface area (Å²) in [5.41, 5.74) is 6.77. The van der Waals surface area contributed by atoms with E-state index in [2.05, 4.69) is 30.1 Å². The van der Waals surface area contributed by atoms with Gasteiger partial charge in [0.25, 0.3) is 0 Å². The van der Waals surface area contributed by atoms with Gasteiger partial charge in [-0.05, 0) is 24.5 Å². The van der Waals surface area contributed by atoms with Gasteiger partial charge >= 0.3 is 0 Å². The molecule has 0 saturated carbocycles. The molecule has 1 heterocycles. The Bertz CT molecular complexity index is 524. The van der Waals surface area contributed by atoms with Crippen LogP contribution in [0, 0.1) is 0 Å². The first kappa shape index (κ1) is 12.8. The fourth-order valence-electron chi connectivity index (χ4n) is 1.72. The van der Waals surface area contributed by atoms with Gasteiger partial charge in [0.1, 0.15) is 11.9 Å². The van der Waals surface area contributed by atoms with Gasteiger partial charge < -0.3 is 10.5 Å². The predicted octanol–water partition coefficient (Wildman–Crippen LogP) is 3.38. The van der Waals surface area contributed by atoms with Crippen molar-refractivity contribution in [2.24, 2.45) is 0 Å². The van der Waals surface area contributed by atoms with E-state index in [1.807, 2.05) is 25.1 Å². The number of para-hydroxylation sites is 1. The molecule has 1 aromatic carbocycles. The van der Waals surface area contributed by atoms with Crippen LogP contribution in [0.2, 0.25) is 0 Å². The normalized spacial score (nSPS) is 12.7. The molecule has 0 aliphatic rings. The topological polar surface area (TPSA) is 61.0 Å². The zero-order valence-corrected chi connectivity index (χ0v) is 11.6. The molecule has 1 unspecified atom stereocenters. The van der Waals surface area contributed by atoms with Crippen molar-refractivity contribution in [3.63, 3.8) is 0 Å². The van der Waals surface area contributed by atoms with Crippen molar-refractivity contribution in [3.05, 3.63) is 34.8 Å². The van der Waals surface area contributed by atoms with E-state index in [9.17, 15) is 0 Å². The summed E-state index contributed by atoms with van der Waals surface area (Å²) in [6.45, 7) is 6.25. The first-order valence-electron chi connectivity index (χ1n) is 5.92. The maximum atomic E-state index is 5.96. The van der Waals surface area contributed by atoms with Crippen LogP contribution in [0.15, 0.2) is 24.3 Å². The van der Waals surface area contributed by atoms with Gasteiger partial charge in [0.15, 0.2) is 5.01 Å². The summed E-state index contributed by atoms with van der Waals surface area (Å²) in [5, 5.41) is 9.08. The van der Waals surface area contributed by atoms with Crippen LogP contribution >= 0.6 is 11.3 Å². The summed E-state index contributed by atoms with van der Waals surface area (Å²) < 4.78 is 5.96. The monoisotopic (exact) mass is 263 g/mol. The summed E-state index contributed by atoms with van der Waals surface area (Å²) in [5.74, 6) is 1.32. The molecule has 0 aliphatic carbocycles. The molecule has 5 heteroatoms. The highest BCUT2D eigenvalue weighted by Crippen LogP contribution is 2.31. The van der Waals surface area contributed by atoms with Gasteiger partial charge in [0, 0.05) is 0 Å². The van der Waals surface area contributed by atoms with E-state index in [1.54, 1.807) is 0 Å². The van der Waals surface area contributed by atoms with Crippen molar-refractivity contribution in [1.82, 2.24) is 10.2 Å². The summed E-state index contributed by atoms with van der Waals surface area (Å²) in [6.07, 6.45) is -0.139. The lowest BCUT2D eigenvalue weighted by Crippen LogP contribution is -2.05. The molecule has 1 aromatic heterocycles. The van der Waals surface area contributed by atoms with E-state index < -0.39 is 0 Å². The number of aromatic nitrogens is 2. The highest BCUT2D eigenvalue weighted by molar-refractivity contribution is 7.15. The van der Waals surface area contributed by atoms with Crippen molar-refractivity contribution in [2.45, 2.75) is 32.8 Å². The molecule has 4 nitrogen and oxygen atoms in total. The molecule has 0 bridgehead atoms. The largest absolute Gasteiger partial charge is 0.483 e. The average molecular weight is 263 g/mol. The maximum absolute atomic E-state index is 5.96. The molecule has 2 N–H and O–H groups in total. The van der Waals surface area contributed by atoms with Gasteiger partial charge in [0.05, 0.1) is 0 Å². The number of anilines is 1. The second-order valence-corrected chi connectivity index (χ2v) is 5.47. The second kappa shape index (κ2) is 5.35. The van der Waals surface area contributed by atoms with Crippen molar-refractivity contribution in [1.29, 1.82) is 0 Å². The number of rotatable bonds is 4. The third-order valence-electron chi connectivity index (χ3n) is 2.65. The van der Waals surface area contributed by atoms with Gasteiger partial charge in [-0.1, -0.05) is 43.4 Å². The Morgan fingerprint density at radius 1 is 1.17 bits per heavy atom. The lowest BCUT2D eigenvalue weighted by Gasteiger charge is -2.17. The average Bonchev–Trinajstić information content (AvgIpc) is 2.76. The van der Waals surface area contributed by atoms with Gasteiger partial charge in [0.2, 0.25) is 5.13 Å². The molecular formula is C13H17N3OS. The molecule has 0 amide bonds. The van der Waals surface area contributed by atoms with Crippen LogP contribution in [0.4, 0.5) is 5.13 Å². The summed E-state index contributed by atoms with van der Waals surface area (Å²) in [7, 11) is 0. The van der Waals surface area contributed by atoms with Crippen LogP contribution in [0.25, 0.3) is 0 Å². The molecule has 0 saturated heterocycles. The van der Waals surface area contributed by atoms with Crippen molar-refractivity contribution in [2.75, 3.05) is 5.73 Å². The van der Waals surface area contributed by atoms with Gasteiger partial charge in [-0.3, -0.25) is 0 Å². The van der Waals surface area contributed by atoms with Crippen molar-refractivity contribution in [3.8, 4) is 5.75 Å². The Hall–Kier alpha value is -1.62. The molecule has 0 spiro atoms. The minimum Gasteiger partial charge on any atom is -0.483 e. The van der Waals surface area contributed by atoms with Gasteiger partial charge in [-0.2, -0.15) is 0 Å². The maximum Gasteiger partial charge on any atom is 0.203 e. The van der Waals surface area contributed by atoms with Crippen molar-refractivity contribution < 1.29 is 4.74 Å². The fourth-order valence-corrected chi connectivity index (χ4v) is 2.31. The van der Waals surface area contributed by atoms with E-state index in [-0.39, 0.29) is 6.10 Å². The van der Waals surface area contributed by atoms with Crippen LogP contribution in [0.5, 0.6) is 5.75 Å².